The first-order chi connectivity index (χ1) is 8.41. The molecule has 18 heavy (non-hydrogen) atoms. The SMILES string of the molecule is CCCC(O)C(C#N)c1ccccc1C(F)(F)F. The van der Waals surface area contributed by atoms with E-state index in [0.717, 1.165) is 6.07 Å². The van der Waals surface area contributed by atoms with Crippen LogP contribution in [0.2, 0.25) is 0 Å². The second kappa shape index (κ2) is 5.87. The van der Waals surface area contributed by atoms with Crippen molar-refractivity contribution in [3.63, 3.8) is 0 Å². The van der Waals surface area contributed by atoms with Crippen LogP contribution in [0.25, 0.3) is 0 Å². The van der Waals surface area contributed by atoms with Gasteiger partial charge in [0, 0.05) is 0 Å². The number of nitriles is 1. The lowest BCUT2D eigenvalue weighted by Gasteiger charge is -2.20. The Morgan fingerprint density at radius 3 is 2.44 bits per heavy atom. The van der Waals surface area contributed by atoms with Crippen LogP contribution in [-0.4, -0.2) is 11.2 Å². The maximum atomic E-state index is 12.8. The fraction of sp³-hybridized carbons (Fsp3) is 0.462. The van der Waals surface area contributed by atoms with Crippen molar-refractivity contribution in [3.05, 3.63) is 35.4 Å². The zero-order chi connectivity index (χ0) is 13.8. The van der Waals surface area contributed by atoms with Crippen LogP contribution in [0.4, 0.5) is 13.2 Å². The Kier molecular flexibility index (Phi) is 4.74. The molecule has 2 nitrogen and oxygen atoms in total. The molecule has 98 valence electrons. The summed E-state index contributed by atoms with van der Waals surface area (Å²) in [6.45, 7) is 1.80. The first kappa shape index (κ1) is 14.5. The van der Waals surface area contributed by atoms with Crippen molar-refractivity contribution >= 4 is 0 Å². The van der Waals surface area contributed by atoms with E-state index in [2.05, 4.69) is 0 Å². The third kappa shape index (κ3) is 3.23. The number of hydrogen-bond acceptors (Lipinski definition) is 2. The van der Waals surface area contributed by atoms with Crippen LogP contribution < -0.4 is 0 Å². The van der Waals surface area contributed by atoms with Gasteiger partial charge in [0.2, 0.25) is 0 Å². The van der Waals surface area contributed by atoms with E-state index in [1.807, 2.05) is 0 Å². The van der Waals surface area contributed by atoms with Crippen LogP contribution in [0.15, 0.2) is 24.3 Å². The Morgan fingerprint density at radius 2 is 1.94 bits per heavy atom. The first-order valence-corrected chi connectivity index (χ1v) is 5.65. The molecule has 1 aromatic carbocycles. The third-order valence-electron chi connectivity index (χ3n) is 2.71. The minimum absolute atomic E-state index is 0.159. The predicted molar refractivity (Wildman–Crippen MR) is 60.7 cm³/mol. The number of hydrogen-bond donors (Lipinski definition) is 1. The molecule has 0 fully saturated rings. The van der Waals surface area contributed by atoms with E-state index < -0.39 is 23.8 Å². The summed E-state index contributed by atoms with van der Waals surface area (Å²) >= 11 is 0. The molecule has 0 aliphatic carbocycles. The van der Waals surface area contributed by atoms with Crippen molar-refractivity contribution in [2.45, 2.75) is 38.0 Å². The van der Waals surface area contributed by atoms with Gasteiger partial charge in [0.1, 0.15) is 0 Å². The molecule has 0 aliphatic heterocycles. The molecule has 0 bridgehead atoms. The van der Waals surface area contributed by atoms with Crippen LogP contribution in [0, 0.1) is 11.3 Å². The second-order valence-corrected chi connectivity index (χ2v) is 4.05. The Hall–Kier alpha value is -1.54. The zero-order valence-corrected chi connectivity index (χ0v) is 9.91. The van der Waals surface area contributed by atoms with Crippen molar-refractivity contribution in [3.8, 4) is 6.07 Å². The molecule has 0 amide bonds. The van der Waals surface area contributed by atoms with Crippen LogP contribution in [0.1, 0.15) is 36.8 Å². The second-order valence-electron chi connectivity index (χ2n) is 4.05. The molecule has 0 heterocycles. The van der Waals surface area contributed by atoms with E-state index in [0.29, 0.717) is 12.8 Å². The smallest absolute Gasteiger partial charge is 0.391 e. The summed E-state index contributed by atoms with van der Waals surface area (Å²) in [6, 6.07) is 6.65. The van der Waals surface area contributed by atoms with Gasteiger partial charge in [0.25, 0.3) is 0 Å². The molecular weight excluding hydrogens is 243 g/mol. The molecule has 1 N–H and O–H groups in total. The van der Waals surface area contributed by atoms with Gasteiger partial charge in [-0.25, -0.2) is 0 Å². The minimum Gasteiger partial charge on any atom is -0.391 e. The number of halogens is 3. The summed E-state index contributed by atoms with van der Waals surface area (Å²) in [5, 5.41) is 18.8. The number of benzene rings is 1. The molecule has 1 aromatic rings. The molecular formula is C13H14F3NO. The Balaban J connectivity index is 3.19. The standard InChI is InChI=1S/C13H14F3NO/c1-2-5-12(18)10(8-17)9-6-3-4-7-11(9)13(14,15)16/h3-4,6-7,10,12,18H,2,5H2,1H3. The van der Waals surface area contributed by atoms with Crippen molar-refractivity contribution < 1.29 is 18.3 Å². The normalized spacial score (nSPS) is 14.9. The number of rotatable bonds is 4. The summed E-state index contributed by atoms with van der Waals surface area (Å²) in [5.41, 5.74) is -1.01. The van der Waals surface area contributed by atoms with Crippen LogP contribution in [0.3, 0.4) is 0 Å². The van der Waals surface area contributed by atoms with Gasteiger partial charge >= 0.3 is 6.18 Å². The van der Waals surface area contributed by atoms with Crippen molar-refractivity contribution in [1.29, 1.82) is 5.26 Å². The number of aliphatic hydroxyl groups is 1. The molecule has 0 saturated carbocycles. The van der Waals surface area contributed by atoms with E-state index in [1.165, 1.54) is 18.2 Å². The average Bonchev–Trinajstić information content (AvgIpc) is 2.29. The van der Waals surface area contributed by atoms with Crippen molar-refractivity contribution in [2.75, 3.05) is 0 Å². The van der Waals surface area contributed by atoms with E-state index >= 15 is 0 Å². The topological polar surface area (TPSA) is 44.0 Å². The summed E-state index contributed by atoms with van der Waals surface area (Å²) in [4.78, 5) is 0. The minimum atomic E-state index is -4.52. The lowest BCUT2D eigenvalue weighted by Crippen LogP contribution is -2.20. The third-order valence-corrected chi connectivity index (χ3v) is 2.71. The van der Waals surface area contributed by atoms with E-state index in [-0.39, 0.29) is 5.56 Å². The molecule has 5 heteroatoms. The Morgan fingerprint density at radius 1 is 1.33 bits per heavy atom. The van der Waals surface area contributed by atoms with Gasteiger partial charge in [-0.05, 0) is 18.1 Å². The van der Waals surface area contributed by atoms with Gasteiger partial charge in [-0.3, -0.25) is 0 Å². The van der Waals surface area contributed by atoms with Gasteiger partial charge < -0.3 is 5.11 Å². The number of nitrogens with zero attached hydrogens (tertiary/aromatic N) is 1. The van der Waals surface area contributed by atoms with Crippen LogP contribution in [0.5, 0.6) is 0 Å². The van der Waals surface area contributed by atoms with Crippen molar-refractivity contribution in [1.82, 2.24) is 0 Å². The quantitative estimate of drug-likeness (QED) is 0.897. The molecule has 0 spiro atoms. The molecule has 2 unspecified atom stereocenters. The largest absolute Gasteiger partial charge is 0.416 e. The van der Waals surface area contributed by atoms with Gasteiger partial charge in [-0.2, -0.15) is 18.4 Å². The Labute approximate surface area is 104 Å². The average molecular weight is 257 g/mol. The highest BCUT2D eigenvalue weighted by Crippen LogP contribution is 2.36. The fourth-order valence-electron chi connectivity index (χ4n) is 1.85. The van der Waals surface area contributed by atoms with Gasteiger partial charge in [0.15, 0.2) is 0 Å². The van der Waals surface area contributed by atoms with E-state index in [1.54, 1.807) is 13.0 Å². The number of alkyl halides is 3. The summed E-state index contributed by atoms with van der Waals surface area (Å²) in [5.74, 6) is -1.15. The maximum Gasteiger partial charge on any atom is 0.416 e. The molecule has 1 rings (SSSR count). The highest BCUT2D eigenvalue weighted by molar-refractivity contribution is 5.36. The predicted octanol–water partition coefficient (Wildman–Crippen LogP) is 3.47. The van der Waals surface area contributed by atoms with Gasteiger partial charge in [0.05, 0.1) is 23.7 Å². The van der Waals surface area contributed by atoms with E-state index in [9.17, 15) is 18.3 Å². The highest BCUT2D eigenvalue weighted by Gasteiger charge is 2.36. The highest BCUT2D eigenvalue weighted by atomic mass is 19.4. The maximum absolute atomic E-state index is 12.8. The van der Waals surface area contributed by atoms with Crippen molar-refractivity contribution in [2.24, 2.45) is 0 Å². The van der Waals surface area contributed by atoms with Crippen LogP contribution in [-0.2, 0) is 6.18 Å². The first-order valence-electron chi connectivity index (χ1n) is 5.65. The Bertz CT molecular complexity index is 437. The monoisotopic (exact) mass is 257 g/mol. The van der Waals surface area contributed by atoms with E-state index in [4.69, 9.17) is 5.26 Å². The molecule has 0 aromatic heterocycles. The molecule has 0 saturated heterocycles. The number of aliphatic hydroxyl groups excluding tert-OH is 1. The lowest BCUT2D eigenvalue weighted by molar-refractivity contribution is -0.138. The molecule has 0 radical (unpaired) electrons. The molecule has 2 atom stereocenters. The summed E-state index contributed by atoms with van der Waals surface area (Å²) < 4.78 is 38.4. The summed E-state index contributed by atoms with van der Waals surface area (Å²) in [6.07, 6.45) is -4.70. The lowest BCUT2D eigenvalue weighted by atomic mass is 9.88. The fourth-order valence-corrected chi connectivity index (χ4v) is 1.85. The summed E-state index contributed by atoms with van der Waals surface area (Å²) in [7, 11) is 0. The molecule has 0 aliphatic rings. The zero-order valence-electron chi connectivity index (χ0n) is 9.91. The van der Waals surface area contributed by atoms with Gasteiger partial charge in [-0.15, -0.1) is 0 Å². The van der Waals surface area contributed by atoms with Crippen LogP contribution >= 0.6 is 0 Å². The van der Waals surface area contributed by atoms with Gasteiger partial charge in [-0.1, -0.05) is 31.5 Å².